The van der Waals surface area contributed by atoms with Gasteiger partial charge in [0.15, 0.2) is 0 Å². The van der Waals surface area contributed by atoms with Gasteiger partial charge in [-0.05, 0) is 61.6 Å². The first kappa shape index (κ1) is 23.4. The molecule has 0 radical (unpaired) electrons. The van der Waals surface area contributed by atoms with Gasteiger partial charge >= 0.3 is 6.09 Å². The summed E-state index contributed by atoms with van der Waals surface area (Å²) in [5, 5.41) is 2.79. The number of carbonyl (C=O) groups is 2. The Morgan fingerprint density at radius 1 is 1.24 bits per heavy atom. The predicted molar refractivity (Wildman–Crippen MR) is 133 cm³/mol. The maximum atomic E-state index is 14.0. The number of ether oxygens (including phenoxy) is 1. The molecule has 182 valence electrons. The standard InChI is InChI=1S/C26H33BrN4O3/c1-14(2)22(30-26(33)34-3)25(32)31-20-7-5-4-6-16(20)13-21(31)24-28-19-11-8-15-12-17(27)9-10-18(15)23(19)29-24/h9-10,12,14,16,20-22H,4-8,11,13H2,1-3H3,(H,28,29)(H,30,33)/t16-,20-,21-,22-/m0/s1. The third-order valence-corrected chi connectivity index (χ3v) is 8.31. The third-order valence-electron chi connectivity index (χ3n) is 7.81. The number of imidazole rings is 1. The SMILES string of the molecule is COC(=O)N[C@H](C(=O)N1[C@H](c2nc3c([nH]2)CCc2cc(Br)ccc2-3)C[C@@H]2CCCC[C@@H]21)C(C)C. The summed E-state index contributed by atoms with van der Waals surface area (Å²) in [6, 6.07) is 5.84. The molecule has 2 N–H and O–H groups in total. The molecule has 1 saturated heterocycles. The Kier molecular flexibility index (Phi) is 6.44. The van der Waals surface area contributed by atoms with Crippen LogP contribution in [0.25, 0.3) is 11.3 Å². The summed E-state index contributed by atoms with van der Waals surface area (Å²) in [6.07, 6.45) is 6.72. The van der Waals surface area contributed by atoms with Crippen LogP contribution in [0.3, 0.4) is 0 Å². The van der Waals surface area contributed by atoms with Crippen molar-refractivity contribution < 1.29 is 14.3 Å². The second-order valence-corrected chi connectivity index (χ2v) is 11.1. The number of H-pyrrole nitrogens is 1. The molecule has 2 fully saturated rings. The van der Waals surface area contributed by atoms with E-state index in [1.807, 2.05) is 13.8 Å². The van der Waals surface area contributed by atoms with Gasteiger partial charge in [0.2, 0.25) is 5.91 Å². The molecule has 8 heteroatoms. The normalized spacial score (nSPS) is 24.3. The fraction of sp³-hybridized carbons (Fsp3) is 0.577. The van der Waals surface area contributed by atoms with Crippen molar-refractivity contribution in [1.82, 2.24) is 20.2 Å². The summed E-state index contributed by atoms with van der Waals surface area (Å²) < 4.78 is 5.90. The molecule has 34 heavy (non-hydrogen) atoms. The number of nitrogens with zero attached hydrogens (tertiary/aromatic N) is 2. The highest BCUT2D eigenvalue weighted by Gasteiger charge is 2.48. The number of rotatable bonds is 4. The van der Waals surface area contributed by atoms with E-state index >= 15 is 0 Å². The molecule has 0 bridgehead atoms. The Morgan fingerprint density at radius 3 is 2.79 bits per heavy atom. The van der Waals surface area contributed by atoms with Crippen molar-refractivity contribution in [2.75, 3.05) is 7.11 Å². The summed E-state index contributed by atoms with van der Waals surface area (Å²) in [6.45, 7) is 3.92. The van der Waals surface area contributed by atoms with Crippen molar-refractivity contribution in [3.8, 4) is 11.3 Å². The summed E-state index contributed by atoms with van der Waals surface area (Å²) in [5.74, 6) is 1.27. The van der Waals surface area contributed by atoms with Crippen LogP contribution >= 0.6 is 15.9 Å². The van der Waals surface area contributed by atoms with E-state index in [4.69, 9.17) is 9.72 Å². The molecule has 2 aromatic rings. The largest absolute Gasteiger partial charge is 0.453 e. The van der Waals surface area contributed by atoms with Crippen LogP contribution in [-0.4, -0.2) is 46.1 Å². The monoisotopic (exact) mass is 528 g/mol. The van der Waals surface area contributed by atoms with E-state index in [-0.39, 0.29) is 23.9 Å². The first-order valence-electron chi connectivity index (χ1n) is 12.4. The average Bonchev–Trinajstić information content (AvgIpc) is 3.43. The lowest BCUT2D eigenvalue weighted by molar-refractivity contribution is -0.138. The Morgan fingerprint density at radius 2 is 2.03 bits per heavy atom. The number of methoxy groups -OCH3 is 1. The van der Waals surface area contributed by atoms with E-state index in [9.17, 15) is 9.59 Å². The topological polar surface area (TPSA) is 87.3 Å². The Bertz CT molecular complexity index is 1100. The zero-order valence-electron chi connectivity index (χ0n) is 20.1. The van der Waals surface area contributed by atoms with Crippen LogP contribution in [0.4, 0.5) is 4.79 Å². The zero-order valence-corrected chi connectivity index (χ0v) is 21.7. The van der Waals surface area contributed by atoms with Gasteiger partial charge in [-0.2, -0.15) is 0 Å². The number of hydrogen-bond donors (Lipinski definition) is 2. The summed E-state index contributed by atoms with van der Waals surface area (Å²) in [7, 11) is 1.33. The number of aryl methyl sites for hydroxylation is 2. The minimum absolute atomic E-state index is 0.0292. The molecule has 2 amide bonds. The number of nitrogens with one attached hydrogen (secondary N) is 2. The molecule has 1 saturated carbocycles. The van der Waals surface area contributed by atoms with Gasteiger partial charge in [-0.3, -0.25) is 4.79 Å². The van der Waals surface area contributed by atoms with E-state index < -0.39 is 12.1 Å². The lowest BCUT2D eigenvalue weighted by Crippen LogP contribution is -2.53. The van der Waals surface area contributed by atoms with Crippen molar-refractivity contribution in [3.63, 3.8) is 0 Å². The molecular formula is C26H33BrN4O3. The third kappa shape index (κ3) is 4.14. The number of carbonyl (C=O) groups excluding carboxylic acids is 2. The van der Waals surface area contributed by atoms with Crippen molar-refractivity contribution >= 4 is 27.9 Å². The second kappa shape index (κ2) is 9.36. The van der Waals surface area contributed by atoms with Gasteiger partial charge in [-0.15, -0.1) is 0 Å². The van der Waals surface area contributed by atoms with Gasteiger partial charge in [-0.1, -0.05) is 48.7 Å². The Balaban J connectivity index is 1.51. The van der Waals surface area contributed by atoms with Crippen LogP contribution in [-0.2, 0) is 22.4 Å². The van der Waals surface area contributed by atoms with Crippen molar-refractivity contribution in [2.24, 2.45) is 11.8 Å². The smallest absolute Gasteiger partial charge is 0.407 e. The van der Waals surface area contributed by atoms with Gasteiger partial charge < -0.3 is 19.9 Å². The molecule has 2 aliphatic carbocycles. The molecule has 1 aromatic carbocycles. The summed E-state index contributed by atoms with van der Waals surface area (Å²) in [5.41, 5.74) is 4.64. The van der Waals surface area contributed by atoms with Crippen molar-refractivity contribution in [2.45, 2.75) is 76.9 Å². The molecule has 1 aliphatic heterocycles. The average molecular weight is 529 g/mol. The van der Waals surface area contributed by atoms with Crippen LogP contribution in [0, 0.1) is 11.8 Å². The fourth-order valence-corrected chi connectivity index (χ4v) is 6.54. The number of hydrogen-bond acceptors (Lipinski definition) is 4. The van der Waals surface area contributed by atoms with Gasteiger partial charge in [0.1, 0.15) is 11.9 Å². The lowest BCUT2D eigenvalue weighted by atomic mass is 9.84. The summed E-state index contributed by atoms with van der Waals surface area (Å²) >= 11 is 3.58. The van der Waals surface area contributed by atoms with Crippen LogP contribution in [0.15, 0.2) is 22.7 Å². The van der Waals surface area contributed by atoms with Crippen LogP contribution in [0.1, 0.15) is 69.1 Å². The predicted octanol–water partition coefficient (Wildman–Crippen LogP) is 5.15. The first-order valence-corrected chi connectivity index (χ1v) is 13.2. The molecule has 0 unspecified atom stereocenters. The van der Waals surface area contributed by atoms with Gasteiger partial charge in [0.25, 0.3) is 0 Å². The van der Waals surface area contributed by atoms with Crippen LogP contribution < -0.4 is 5.32 Å². The van der Waals surface area contributed by atoms with Crippen molar-refractivity contribution in [3.05, 3.63) is 39.8 Å². The number of halogens is 1. The Hall–Kier alpha value is -2.35. The molecule has 3 aliphatic rings. The molecule has 1 aromatic heterocycles. The van der Waals surface area contributed by atoms with Gasteiger partial charge in [0.05, 0.1) is 18.8 Å². The number of amides is 2. The molecule has 2 heterocycles. The highest BCUT2D eigenvalue weighted by Crippen LogP contribution is 2.47. The maximum Gasteiger partial charge on any atom is 0.407 e. The fourth-order valence-electron chi connectivity index (χ4n) is 6.13. The molecule has 0 spiro atoms. The second-order valence-electron chi connectivity index (χ2n) is 10.2. The molecule has 5 rings (SSSR count). The van der Waals surface area contributed by atoms with Gasteiger partial charge in [0, 0.05) is 21.8 Å². The molecule has 7 nitrogen and oxygen atoms in total. The van der Waals surface area contributed by atoms with E-state index in [0.717, 1.165) is 60.2 Å². The van der Waals surface area contributed by atoms with E-state index in [1.165, 1.54) is 24.7 Å². The van der Waals surface area contributed by atoms with E-state index in [1.54, 1.807) is 0 Å². The van der Waals surface area contributed by atoms with E-state index in [0.29, 0.717) is 5.92 Å². The number of benzene rings is 1. The minimum Gasteiger partial charge on any atom is -0.453 e. The lowest BCUT2D eigenvalue weighted by Gasteiger charge is -2.36. The first-order chi connectivity index (χ1) is 16.4. The number of fused-ring (bicyclic) bond motifs is 4. The quantitative estimate of drug-likeness (QED) is 0.574. The maximum absolute atomic E-state index is 14.0. The number of aromatic amines is 1. The highest BCUT2D eigenvalue weighted by molar-refractivity contribution is 9.10. The highest BCUT2D eigenvalue weighted by atomic mass is 79.9. The van der Waals surface area contributed by atoms with Crippen LogP contribution in [0.5, 0.6) is 0 Å². The van der Waals surface area contributed by atoms with Gasteiger partial charge in [-0.25, -0.2) is 9.78 Å². The number of aromatic nitrogens is 2. The molecule has 4 atom stereocenters. The van der Waals surface area contributed by atoms with E-state index in [2.05, 4.69) is 49.3 Å². The zero-order chi connectivity index (χ0) is 24.0. The number of likely N-dealkylation sites (tertiary alicyclic amines) is 1. The van der Waals surface area contributed by atoms with Crippen molar-refractivity contribution in [1.29, 1.82) is 0 Å². The minimum atomic E-state index is -0.627. The van der Waals surface area contributed by atoms with Crippen LogP contribution in [0.2, 0.25) is 0 Å². The summed E-state index contributed by atoms with van der Waals surface area (Å²) in [4.78, 5) is 36.8. The number of alkyl carbamates (subject to hydrolysis) is 1. The Labute approximate surface area is 209 Å². The molecular weight excluding hydrogens is 496 g/mol.